The standard InChI is InChI=1S/C17H22FNO3/c18-15-11-14(17(16(20)21)5-1-2-6-17)4-3-13(15)12-19-7-9-22-10-8-19/h3-4,11H,1-2,5-10,12H2,(H,20,21). The van der Waals surface area contributed by atoms with Crippen LogP contribution in [0.4, 0.5) is 4.39 Å². The molecule has 1 saturated heterocycles. The predicted octanol–water partition coefficient (Wildman–Crippen LogP) is 2.55. The number of rotatable bonds is 4. The maximum Gasteiger partial charge on any atom is 0.314 e. The second-order valence-electron chi connectivity index (χ2n) is 6.29. The zero-order valence-corrected chi connectivity index (χ0v) is 12.7. The topological polar surface area (TPSA) is 49.8 Å². The van der Waals surface area contributed by atoms with Crippen LogP contribution in [-0.4, -0.2) is 42.3 Å². The lowest BCUT2D eigenvalue weighted by atomic mass is 9.78. The van der Waals surface area contributed by atoms with Gasteiger partial charge >= 0.3 is 5.97 Å². The number of ether oxygens (including phenoxy) is 1. The van der Waals surface area contributed by atoms with Crippen LogP contribution in [0.5, 0.6) is 0 Å². The number of hydrogen-bond acceptors (Lipinski definition) is 3. The highest BCUT2D eigenvalue weighted by Crippen LogP contribution is 2.41. The number of aliphatic carboxylic acids is 1. The number of nitrogens with zero attached hydrogens (tertiary/aromatic N) is 1. The minimum Gasteiger partial charge on any atom is -0.481 e. The Morgan fingerprint density at radius 2 is 1.95 bits per heavy atom. The van der Waals surface area contributed by atoms with Crippen molar-refractivity contribution in [2.75, 3.05) is 26.3 Å². The smallest absolute Gasteiger partial charge is 0.314 e. The summed E-state index contributed by atoms with van der Waals surface area (Å²) >= 11 is 0. The first-order chi connectivity index (χ1) is 10.6. The lowest BCUT2D eigenvalue weighted by Crippen LogP contribution is -2.36. The van der Waals surface area contributed by atoms with Gasteiger partial charge in [0, 0.05) is 25.2 Å². The number of carboxylic acid groups (broad SMARTS) is 1. The molecule has 0 atom stereocenters. The lowest BCUT2D eigenvalue weighted by molar-refractivity contribution is -0.143. The average molecular weight is 307 g/mol. The maximum atomic E-state index is 14.4. The Labute approximate surface area is 129 Å². The van der Waals surface area contributed by atoms with Crippen LogP contribution in [-0.2, 0) is 21.5 Å². The molecule has 1 aliphatic carbocycles. The molecule has 1 aromatic carbocycles. The van der Waals surface area contributed by atoms with Crippen molar-refractivity contribution in [1.82, 2.24) is 4.90 Å². The van der Waals surface area contributed by atoms with Crippen LogP contribution in [0.3, 0.4) is 0 Å². The number of hydrogen-bond donors (Lipinski definition) is 1. The third-order valence-corrected chi connectivity index (χ3v) is 4.97. The molecule has 0 radical (unpaired) electrons. The van der Waals surface area contributed by atoms with E-state index >= 15 is 0 Å². The molecule has 0 unspecified atom stereocenters. The fourth-order valence-corrected chi connectivity index (χ4v) is 3.58. The summed E-state index contributed by atoms with van der Waals surface area (Å²) in [6.07, 6.45) is 2.99. The molecule has 120 valence electrons. The molecule has 0 spiro atoms. The van der Waals surface area contributed by atoms with E-state index in [1.807, 2.05) is 0 Å². The van der Waals surface area contributed by atoms with Crippen LogP contribution in [0.1, 0.15) is 36.8 Å². The van der Waals surface area contributed by atoms with E-state index in [4.69, 9.17) is 4.74 Å². The Morgan fingerprint density at radius 3 is 2.55 bits per heavy atom. The van der Waals surface area contributed by atoms with Crippen LogP contribution in [0.15, 0.2) is 18.2 Å². The minimum atomic E-state index is -0.891. The molecule has 2 fully saturated rings. The van der Waals surface area contributed by atoms with Crippen LogP contribution in [0.2, 0.25) is 0 Å². The summed E-state index contributed by atoms with van der Waals surface area (Å²) in [6, 6.07) is 5.00. The van der Waals surface area contributed by atoms with E-state index in [0.717, 1.165) is 25.9 Å². The normalized spacial score (nSPS) is 21.9. The van der Waals surface area contributed by atoms with E-state index in [9.17, 15) is 14.3 Å². The van der Waals surface area contributed by atoms with E-state index in [1.54, 1.807) is 12.1 Å². The third-order valence-electron chi connectivity index (χ3n) is 4.97. The Hall–Kier alpha value is -1.46. The van der Waals surface area contributed by atoms with Crippen LogP contribution in [0.25, 0.3) is 0 Å². The highest BCUT2D eigenvalue weighted by atomic mass is 19.1. The molecule has 4 nitrogen and oxygen atoms in total. The Kier molecular flexibility index (Phi) is 4.45. The van der Waals surface area contributed by atoms with Gasteiger partial charge in [0.2, 0.25) is 0 Å². The fourth-order valence-electron chi connectivity index (χ4n) is 3.58. The summed E-state index contributed by atoms with van der Waals surface area (Å²) in [5.74, 6) is -1.12. The predicted molar refractivity (Wildman–Crippen MR) is 80.3 cm³/mol. The molecule has 0 amide bonds. The summed E-state index contributed by atoms with van der Waals surface area (Å²) in [4.78, 5) is 13.8. The van der Waals surface area contributed by atoms with Gasteiger partial charge in [0.1, 0.15) is 5.82 Å². The van der Waals surface area contributed by atoms with Crippen molar-refractivity contribution >= 4 is 5.97 Å². The highest BCUT2D eigenvalue weighted by Gasteiger charge is 2.43. The number of morpholine rings is 1. The van der Waals surface area contributed by atoms with Gasteiger partial charge in [0.05, 0.1) is 18.6 Å². The number of benzene rings is 1. The molecule has 2 aliphatic rings. The maximum absolute atomic E-state index is 14.4. The van der Waals surface area contributed by atoms with Crippen molar-refractivity contribution < 1.29 is 19.0 Å². The largest absolute Gasteiger partial charge is 0.481 e. The van der Waals surface area contributed by atoms with Crippen LogP contribution in [0, 0.1) is 5.82 Å². The second-order valence-corrected chi connectivity index (χ2v) is 6.29. The Bertz CT molecular complexity index is 549. The van der Waals surface area contributed by atoms with Crippen molar-refractivity contribution in [3.05, 3.63) is 35.1 Å². The van der Waals surface area contributed by atoms with Crippen molar-refractivity contribution in [1.29, 1.82) is 0 Å². The molecule has 3 rings (SSSR count). The molecule has 0 aromatic heterocycles. The third kappa shape index (κ3) is 2.88. The van der Waals surface area contributed by atoms with E-state index < -0.39 is 11.4 Å². The Balaban J connectivity index is 1.80. The zero-order valence-electron chi connectivity index (χ0n) is 12.7. The molecular formula is C17H22FNO3. The SMILES string of the molecule is O=C(O)C1(c2ccc(CN3CCOCC3)c(F)c2)CCCC1. The van der Waals surface area contributed by atoms with Gasteiger partial charge < -0.3 is 9.84 Å². The van der Waals surface area contributed by atoms with Crippen molar-refractivity contribution in [3.63, 3.8) is 0 Å². The Morgan fingerprint density at radius 1 is 1.27 bits per heavy atom. The molecule has 22 heavy (non-hydrogen) atoms. The van der Waals surface area contributed by atoms with E-state index in [1.165, 1.54) is 6.07 Å². The number of carboxylic acids is 1. The molecule has 5 heteroatoms. The zero-order chi connectivity index (χ0) is 15.6. The summed E-state index contributed by atoms with van der Waals surface area (Å²) in [6.45, 7) is 3.53. The van der Waals surface area contributed by atoms with Gasteiger partial charge in [-0.25, -0.2) is 4.39 Å². The average Bonchev–Trinajstić information content (AvgIpc) is 3.01. The fraction of sp³-hybridized carbons (Fsp3) is 0.588. The first-order valence-corrected chi connectivity index (χ1v) is 7.94. The summed E-state index contributed by atoms with van der Waals surface area (Å²) in [7, 11) is 0. The number of carbonyl (C=O) groups is 1. The summed E-state index contributed by atoms with van der Waals surface area (Å²) < 4.78 is 19.7. The van der Waals surface area contributed by atoms with Crippen molar-refractivity contribution in [3.8, 4) is 0 Å². The van der Waals surface area contributed by atoms with Gasteiger partial charge in [-0.2, -0.15) is 0 Å². The van der Waals surface area contributed by atoms with Gasteiger partial charge in [-0.15, -0.1) is 0 Å². The number of halogens is 1. The van der Waals surface area contributed by atoms with Gasteiger partial charge in [-0.3, -0.25) is 9.69 Å². The molecule has 1 saturated carbocycles. The minimum absolute atomic E-state index is 0.295. The van der Waals surface area contributed by atoms with E-state index in [0.29, 0.717) is 43.7 Å². The first kappa shape index (κ1) is 15.4. The quantitative estimate of drug-likeness (QED) is 0.929. The highest BCUT2D eigenvalue weighted by molar-refractivity contribution is 5.81. The molecular weight excluding hydrogens is 285 g/mol. The lowest BCUT2D eigenvalue weighted by Gasteiger charge is -2.28. The summed E-state index contributed by atoms with van der Waals surface area (Å²) in [5, 5.41) is 9.59. The summed E-state index contributed by atoms with van der Waals surface area (Å²) in [5.41, 5.74) is 0.350. The monoisotopic (exact) mass is 307 g/mol. The van der Waals surface area contributed by atoms with Crippen LogP contribution < -0.4 is 0 Å². The molecule has 0 bridgehead atoms. The molecule has 1 aromatic rings. The van der Waals surface area contributed by atoms with Gasteiger partial charge in [0.25, 0.3) is 0 Å². The van der Waals surface area contributed by atoms with Gasteiger partial charge in [-0.05, 0) is 24.5 Å². The van der Waals surface area contributed by atoms with E-state index in [2.05, 4.69) is 4.90 Å². The van der Waals surface area contributed by atoms with Crippen LogP contribution >= 0.6 is 0 Å². The van der Waals surface area contributed by atoms with Gasteiger partial charge in [-0.1, -0.05) is 25.0 Å². The van der Waals surface area contributed by atoms with Crippen molar-refractivity contribution in [2.45, 2.75) is 37.6 Å². The van der Waals surface area contributed by atoms with E-state index in [-0.39, 0.29) is 5.82 Å². The molecule has 1 N–H and O–H groups in total. The molecule has 1 heterocycles. The molecule has 1 aliphatic heterocycles. The first-order valence-electron chi connectivity index (χ1n) is 7.94. The second kappa shape index (κ2) is 6.34. The van der Waals surface area contributed by atoms with Gasteiger partial charge in [0.15, 0.2) is 0 Å². The van der Waals surface area contributed by atoms with Crippen molar-refractivity contribution in [2.24, 2.45) is 0 Å².